The van der Waals surface area contributed by atoms with E-state index in [0.29, 0.717) is 11.9 Å². The van der Waals surface area contributed by atoms with E-state index in [1.54, 1.807) is 0 Å². The molecular formula is C15H22N4. The van der Waals surface area contributed by atoms with Gasteiger partial charge in [0.2, 0.25) is 0 Å². The first kappa shape index (κ1) is 12.5. The molecule has 19 heavy (non-hydrogen) atoms. The van der Waals surface area contributed by atoms with Gasteiger partial charge in [-0.05, 0) is 31.6 Å². The van der Waals surface area contributed by atoms with Crippen molar-refractivity contribution in [1.82, 2.24) is 9.55 Å². The van der Waals surface area contributed by atoms with E-state index in [1.807, 2.05) is 6.33 Å². The lowest BCUT2D eigenvalue weighted by Gasteiger charge is -2.15. The Balaban J connectivity index is 1.83. The van der Waals surface area contributed by atoms with Crippen LogP contribution in [0.2, 0.25) is 0 Å². The van der Waals surface area contributed by atoms with E-state index < -0.39 is 0 Å². The summed E-state index contributed by atoms with van der Waals surface area (Å²) in [6.07, 6.45) is 10.3. The minimum absolute atomic E-state index is 0.462. The van der Waals surface area contributed by atoms with Crippen molar-refractivity contribution in [2.45, 2.75) is 45.1 Å². The Morgan fingerprint density at radius 3 is 2.79 bits per heavy atom. The average Bonchev–Trinajstić information content (AvgIpc) is 3.01. The summed E-state index contributed by atoms with van der Waals surface area (Å²) in [7, 11) is 0. The lowest BCUT2D eigenvalue weighted by molar-refractivity contribution is 0.457. The Morgan fingerprint density at radius 1 is 1.47 bits per heavy atom. The Hall–Kier alpha value is -1.58. The Morgan fingerprint density at radius 2 is 2.16 bits per heavy atom. The van der Waals surface area contributed by atoms with Crippen LogP contribution in [-0.4, -0.2) is 15.4 Å². The number of amidine groups is 1. The summed E-state index contributed by atoms with van der Waals surface area (Å²) in [6, 6.07) is 0.605. The van der Waals surface area contributed by atoms with Gasteiger partial charge in [0, 0.05) is 17.9 Å². The summed E-state index contributed by atoms with van der Waals surface area (Å²) in [5, 5.41) is 0. The van der Waals surface area contributed by atoms with Crippen molar-refractivity contribution in [2.24, 2.45) is 22.6 Å². The highest BCUT2D eigenvalue weighted by Crippen LogP contribution is 2.48. The van der Waals surface area contributed by atoms with Crippen LogP contribution in [0.3, 0.4) is 0 Å². The molecule has 4 heteroatoms. The zero-order valence-electron chi connectivity index (χ0n) is 11.5. The van der Waals surface area contributed by atoms with Crippen LogP contribution < -0.4 is 5.73 Å². The van der Waals surface area contributed by atoms with E-state index in [4.69, 9.17) is 5.73 Å². The highest BCUT2D eigenvalue weighted by molar-refractivity contribution is 5.97. The summed E-state index contributed by atoms with van der Waals surface area (Å²) >= 11 is 0. The van der Waals surface area contributed by atoms with Crippen molar-refractivity contribution < 1.29 is 0 Å². The fourth-order valence-electron chi connectivity index (χ4n) is 3.96. The molecule has 0 aliphatic heterocycles. The molecule has 2 saturated carbocycles. The molecule has 0 spiro atoms. The van der Waals surface area contributed by atoms with Crippen molar-refractivity contribution in [3.8, 4) is 0 Å². The first-order valence-electron chi connectivity index (χ1n) is 7.18. The summed E-state index contributed by atoms with van der Waals surface area (Å²) < 4.78 is 2.30. The van der Waals surface area contributed by atoms with Crippen molar-refractivity contribution >= 4 is 5.84 Å². The van der Waals surface area contributed by atoms with Gasteiger partial charge in [-0.3, -0.25) is 0 Å². The molecule has 0 amide bonds. The van der Waals surface area contributed by atoms with E-state index in [1.165, 1.54) is 38.3 Å². The first-order chi connectivity index (χ1) is 9.20. The van der Waals surface area contributed by atoms with Crippen molar-refractivity contribution in [2.75, 3.05) is 0 Å². The van der Waals surface area contributed by atoms with Crippen LogP contribution in [0.15, 0.2) is 24.1 Å². The number of imidazole rings is 1. The standard InChI is InChI=1S/C15H22N4/c1-3-17-15(16)14-10(2)19(9-18-14)13-7-11-5-4-6-12(11)8-13/h3,9,11-13H,1,4-8H2,2H3,(H2,16,17)/t11-,12?,13?/m0/s1. The molecule has 102 valence electrons. The number of hydrogen-bond acceptors (Lipinski definition) is 2. The maximum atomic E-state index is 5.91. The van der Waals surface area contributed by atoms with E-state index in [2.05, 4.69) is 28.0 Å². The minimum Gasteiger partial charge on any atom is -0.382 e. The second kappa shape index (κ2) is 4.83. The molecule has 0 aromatic carbocycles. The number of hydrogen-bond donors (Lipinski definition) is 1. The monoisotopic (exact) mass is 258 g/mol. The molecule has 0 bridgehead atoms. The number of fused-ring (bicyclic) bond motifs is 1. The van der Waals surface area contributed by atoms with Crippen LogP contribution >= 0.6 is 0 Å². The minimum atomic E-state index is 0.462. The number of nitrogens with zero attached hydrogens (tertiary/aromatic N) is 3. The van der Waals surface area contributed by atoms with Gasteiger partial charge in [-0.15, -0.1) is 0 Å². The Labute approximate surface area is 114 Å². The van der Waals surface area contributed by atoms with Crippen LogP contribution in [0.5, 0.6) is 0 Å². The fraction of sp³-hybridized carbons (Fsp3) is 0.600. The molecule has 3 rings (SSSR count). The summed E-state index contributed by atoms with van der Waals surface area (Å²) in [5.41, 5.74) is 7.85. The normalized spacial score (nSPS) is 30.6. The zero-order chi connectivity index (χ0) is 13.4. The molecule has 2 unspecified atom stereocenters. The zero-order valence-corrected chi connectivity index (χ0v) is 11.5. The van der Waals surface area contributed by atoms with E-state index >= 15 is 0 Å². The van der Waals surface area contributed by atoms with Crippen LogP contribution in [0.4, 0.5) is 0 Å². The third-order valence-corrected chi connectivity index (χ3v) is 4.87. The van der Waals surface area contributed by atoms with Crippen LogP contribution in [-0.2, 0) is 0 Å². The molecule has 2 aliphatic carbocycles. The average molecular weight is 258 g/mol. The predicted molar refractivity (Wildman–Crippen MR) is 77.0 cm³/mol. The largest absolute Gasteiger partial charge is 0.382 e. The number of nitrogens with two attached hydrogens (primary N) is 1. The molecule has 0 saturated heterocycles. The fourth-order valence-corrected chi connectivity index (χ4v) is 3.96. The van der Waals surface area contributed by atoms with Crippen molar-refractivity contribution in [3.63, 3.8) is 0 Å². The van der Waals surface area contributed by atoms with E-state index in [9.17, 15) is 0 Å². The molecule has 4 nitrogen and oxygen atoms in total. The maximum absolute atomic E-state index is 5.91. The first-order valence-corrected chi connectivity index (χ1v) is 7.18. The molecule has 2 fully saturated rings. The predicted octanol–water partition coefficient (Wildman–Crippen LogP) is 2.79. The second-order valence-corrected chi connectivity index (χ2v) is 5.86. The molecule has 1 aromatic heterocycles. The van der Waals surface area contributed by atoms with Crippen molar-refractivity contribution in [3.05, 3.63) is 30.5 Å². The molecule has 1 heterocycles. The summed E-state index contributed by atoms with van der Waals surface area (Å²) in [6.45, 7) is 5.66. The quantitative estimate of drug-likeness (QED) is 0.669. The molecule has 1 aromatic rings. The molecule has 0 radical (unpaired) electrons. The second-order valence-electron chi connectivity index (χ2n) is 5.86. The van der Waals surface area contributed by atoms with E-state index in [0.717, 1.165) is 23.2 Å². The van der Waals surface area contributed by atoms with Crippen LogP contribution in [0, 0.1) is 18.8 Å². The van der Waals surface area contributed by atoms with Gasteiger partial charge in [0.15, 0.2) is 5.84 Å². The van der Waals surface area contributed by atoms with Gasteiger partial charge in [0.05, 0.1) is 6.33 Å². The maximum Gasteiger partial charge on any atom is 0.151 e. The smallest absolute Gasteiger partial charge is 0.151 e. The lowest BCUT2D eigenvalue weighted by Crippen LogP contribution is -2.16. The molecule has 2 aliphatic rings. The van der Waals surface area contributed by atoms with Gasteiger partial charge in [0.1, 0.15) is 5.69 Å². The molecule has 2 N–H and O–H groups in total. The Bertz CT molecular complexity index is 502. The number of aromatic nitrogens is 2. The van der Waals surface area contributed by atoms with E-state index in [-0.39, 0.29) is 0 Å². The third-order valence-electron chi connectivity index (χ3n) is 4.87. The number of aliphatic imine (C=N–C) groups is 1. The summed E-state index contributed by atoms with van der Waals surface area (Å²) in [5.74, 6) is 2.34. The highest BCUT2D eigenvalue weighted by atomic mass is 15.1. The molecular weight excluding hydrogens is 236 g/mol. The number of rotatable bonds is 3. The highest BCUT2D eigenvalue weighted by Gasteiger charge is 2.38. The van der Waals surface area contributed by atoms with Gasteiger partial charge in [-0.2, -0.15) is 0 Å². The van der Waals surface area contributed by atoms with Crippen LogP contribution in [0.25, 0.3) is 0 Å². The lowest BCUT2D eigenvalue weighted by atomic mass is 10.0. The Kier molecular flexibility index (Phi) is 3.17. The van der Waals surface area contributed by atoms with Gasteiger partial charge in [-0.1, -0.05) is 25.8 Å². The van der Waals surface area contributed by atoms with Gasteiger partial charge in [-0.25, -0.2) is 9.98 Å². The van der Waals surface area contributed by atoms with Gasteiger partial charge in [0.25, 0.3) is 0 Å². The van der Waals surface area contributed by atoms with Gasteiger partial charge < -0.3 is 10.3 Å². The SMILES string of the molecule is C=CN=C(N)c1ncn(C2CC3CCC[C@H]3C2)c1C. The van der Waals surface area contributed by atoms with Crippen molar-refractivity contribution in [1.29, 1.82) is 0 Å². The third kappa shape index (κ3) is 2.09. The van der Waals surface area contributed by atoms with Gasteiger partial charge >= 0.3 is 0 Å². The molecule has 3 atom stereocenters. The summed E-state index contributed by atoms with van der Waals surface area (Å²) in [4.78, 5) is 8.47. The topological polar surface area (TPSA) is 56.2 Å². The van der Waals surface area contributed by atoms with Crippen LogP contribution in [0.1, 0.15) is 49.5 Å².